The Morgan fingerprint density at radius 3 is 3.16 bits per heavy atom. The molecule has 4 heteroatoms. The smallest absolute Gasteiger partial charge is 0.125 e. The van der Waals surface area contributed by atoms with Gasteiger partial charge in [0.15, 0.2) is 0 Å². The first-order chi connectivity index (χ1) is 9.20. The number of ether oxygens (including phenoxy) is 2. The van der Waals surface area contributed by atoms with E-state index in [1.807, 2.05) is 0 Å². The van der Waals surface area contributed by atoms with E-state index in [2.05, 4.69) is 46.4 Å². The minimum absolute atomic E-state index is 0.380. The molecule has 106 valence electrons. The van der Waals surface area contributed by atoms with Crippen LogP contribution in [0.15, 0.2) is 22.7 Å². The van der Waals surface area contributed by atoms with Crippen molar-refractivity contribution in [1.82, 2.24) is 5.32 Å². The number of hydrogen-bond acceptors (Lipinski definition) is 3. The molecule has 1 aliphatic rings. The molecule has 1 aromatic rings. The predicted octanol–water partition coefficient (Wildman–Crippen LogP) is 3.53. The number of nitrogens with one attached hydrogen (secondary N) is 1. The van der Waals surface area contributed by atoms with Crippen molar-refractivity contribution in [3.05, 3.63) is 28.2 Å². The lowest BCUT2D eigenvalue weighted by atomic mass is 10.0. The van der Waals surface area contributed by atoms with E-state index in [9.17, 15) is 0 Å². The number of hydrogen-bond donors (Lipinski definition) is 1. The second-order valence-corrected chi connectivity index (χ2v) is 6.11. The van der Waals surface area contributed by atoms with E-state index in [4.69, 9.17) is 9.47 Å². The summed E-state index contributed by atoms with van der Waals surface area (Å²) in [6, 6.07) is 6.68. The largest absolute Gasteiger partial charge is 0.493 e. The summed E-state index contributed by atoms with van der Waals surface area (Å²) in [6.07, 6.45) is 2.21. The van der Waals surface area contributed by atoms with Gasteiger partial charge in [0, 0.05) is 36.3 Å². The lowest BCUT2D eigenvalue weighted by Crippen LogP contribution is -2.28. The zero-order valence-corrected chi connectivity index (χ0v) is 13.2. The van der Waals surface area contributed by atoms with Gasteiger partial charge in [-0.25, -0.2) is 0 Å². The maximum atomic E-state index is 5.82. The van der Waals surface area contributed by atoms with Gasteiger partial charge >= 0.3 is 0 Å². The summed E-state index contributed by atoms with van der Waals surface area (Å²) in [5, 5.41) is 3.65. The molecule has 1 aromatic carbocycles. The fourth-order valence-electron chi connectivity index (χ4n) is 2.45. The second-order valence-electron chi connectivity index (χ2n) is 5.19. The van der Waals surface area contributed by atoms with Crippen molar-refractivity contribution in [3.8, 4) is 5.75 Å². The summed E-state index contributed by atoms with van der Waals surface area (Å²) < 4.78 is 12.1. The number of methoxy groups -OCH3 is 1. The van der Waals surface area contributed by atoms with Crippen LogP contribution in [0, 0.1) is 5.92 Å². The molecule has 0 amide bonds. The van der Waals surface area contributed by atoms with Gasteiger partial charge in [0.05, 0.1) is 6.61 Å². The van der Waals surface area contributed by atoms with Crippen molar-refractivity contribution >= 4 is 15.9 Å². The Kier molecular flexibility index (Phi) is 5.67. The molecule has 3 nitrogen and oxygen atoms in total. The average Bonchev–Trinajstić information content (AvgIpc) is 2.58. The summed E-state index contributed by atoms with van der Waals surface area (Å²) >= 11 is 3.50. The molecule has 0 saturated carbocycles. The highest BCUT2D eigenvalue weighted by atomic mass is 79.9. The van der Waals surface area contributed by atoms with Crippen LogP contribution in [0.3, 0.4) is 0 Å². The minimum atomic E-state index is 0.380. The van der Waals surface area contributed by atoms with Crippen LogP contribution in [0.1, 0.15) is 31.4 Å². The van der Waals surface area contributed by atoms with Crippen LogP contribution in [0.5, 0.6) is 5.75 Å². The van der Waals surface area contributed by atoms with E-state index in [-0.39, 0.29) is 0 Å². The van der Waals surface area contributed by atoms with Crippen LogP contribution in [-0.4, -0.2) is 26.9 Å². The molecule has 2 rings (SSSR count). The Balaban J connectivity index is 2.05. The van der Waals surface area contributed by atoms with E-state index >= 15 is 0 Å². The maximum Gasteiger partial charge on any atom is 0.125 e. The third-order valence-electron chi connectivity index (χ3n) is 3.41. The fraction of sp³-hybridized carbons (Fsp3) is 0.600. The highest BCUT2D eigenvalue weighted by molar-refractivity contribution is 9.10. The maximum absolute atomic E-state index is 5.82. The quantitative estimate of drug-likeness (QED) is 0.897. The summed E-state index contributed by atoms with van der Waals surface area (Å²) in [4.78, 5) is 0. The van der Waals surface area contributed by atoms with Crippen molar-refractivity contribution in [3.63, 3.8) is 0 Å². The second kappa shape index (κ2) is 7.27. The van der Waals surface area contributed by atoms with Crippen LogP contribution in [0.2, 0.25) is 0 Å². The van der Waals surface area contributed by atoms with Gasteiger partial charge < -0.3 is 14.8 Å². The standard InChI is InChI=1S/C15H22BrNO2/c1-11(10-18-2)9-17-14-4-3-7-19-15-8-12(16)5-6-13(14)15/h5-6,8,11,14,17H,3-4,7,9-10H2,1-2H3. The molecule has 2 atom stereocenters. The Labute approximate surface area is 123 Å². The van der Waals surface area contributed by atoms with Crippen molar-refractivity contribution in [1.29, 1.82) is 0 Å². The van der Waals surface area contributed by atoms with Gasteiger partial charge in [-0.05, 0) is 30.9 Å². The molecule has 0 aromatic heterocycles. The summed E-state index contributed by atoms with van der Waals surface area (Å²) in [7, 11) is 1.75. The highest BCUT2D eigenvalue weighted by Crippen LogP contribution is 2.33. The molecule has 0 spiro atoms. The Morgan fingerprint density at radius 2 is 2.37 bits per heavy atom. The van der Waals surface area contributed by atoms with Crippen LogP contribution in [0.4, 0.5) is 0 Å². The van der Waals surface area contributed by atoms with Crippen molar-refractivity contribution in [2.45, 2.75) is 25.8 Å². The fourth-order valence-corrected chi connectivity index (χ4v) is 2.79. The monoisotopic (exact) mass is 327 g/mol. The molecule has 19 heavy (non-hydrogen) atoms. The SMILES string of the molecule is COCC(C)CNC1CCCOc2cc(Br)ccc21. The first-order valence-electron chi connectivity index (χ1n) is 6.85. The van der Waals surface area contributed by atoms with Crippen LogP contribution < -0.4 is 10.1 Å². The van der Waals surface area contributed by atoms with Gasteiger partial charge in [-0.3, -0.25) is 0 Å². The van der Waals surface area contributed by atoms with Crippen LogP contribution in [0.25, 0.3) is 0 Å². The Morgan fingerprint density at radius 1 is 1.53 bits per heavy atom. The topological polar surface area (TPSA) is 30.5 Å². The lowest BCUT2D eigenvalue weighted by Gasteiger charge is -2.21. The molecule has 0 saturated heterocycles. The number of benzene rings is 1. The van der Waals surface area contributed by atoms with Gasteiger partial charge in [-0.15, -0.1) is 0 Å². The Bertz CT molecular complexity index is 411. The van der Waals surface area contributed by atoms with Crippen molar-refractivity contribution in [2.24, 2.45) is 5.92 Å². The number of halogens is 1. The molecule has 1 heterocycles. The van der Waals surface area contributed by atoms with Gasteiger partial charge in [-0.2, -0.15) is 0 Å². The first-order valence-corrected chi connectivity index (χ1v) is 7.64. The zero-order valence-electron chi connectivity index (χ0n) is 11.6. The summed E-state index contributed by atoms with van der Waals surface area (Å²) in [5.41, 5.74) is 1.27. The number of fused-ring (bicyclic) bond motifs is 1. The molecular weight excluding hydrogens is 306 g/mol. The van der Waals surface area contributed by atoms with Crippen LogP contribution in [-0.2, 0) is 4.74 Å². The zero-order chi connectivity index (χ0) is 13.7. The van der Waals surface area contributed by atoms with Crippen molar-refractivity contribution < 1.29 is 9.47 Å². The van der Waals surface area contributed by atoms with Crippen molar-refractivity contribution in [2.75, 3.05) is 26.9 Å². The molecule has 0 radical (unpaired) electrons. The van der Waals surface area contributed by atoms with Gasteiger partial charge in [0.25, 0.3) is 0 Å². The van der Waals surface area contributed by atoms with Gasteiger partial charge in [0.2, 0.25) is 0 Å². The molecule has 1 aliphatic heterocycles. The molecule has 2 unspecified atom stereocenters. The third kappa shape index (κ3) is 4.20. The molecule has 0 bridgehead atoms. The first kappa shape index (κ1) is 14.8. The summed E-state index contributed by atoms with van der Waals surface area (Å²) in [5.74, 6) is 1.52. The minimum Gasteiger partial charge on any atom is -0.493 e. The normalized spacial score (nSPS) is 20.3. The molecular formula is C15H22BrNO2. The summed E-state index contributed by atoms with van der Waals surface area (Å²) in [6.45, 7) is 4.76. The van der Waals surface area contributed by atoms with E-state index in [0.29, 0.717) is 12.0 Å². The van der Waals surface area contributed by atoms with Crippen LogP contribution >= 0.6 is 15.9 Å². The third-order valence-corrected chi connectivity index (χ3v) is 3.90. The van der Waals surface area contributed by atoms with E-state index in [1.54, 1.807) is 7.11 Å². The Hall–Kier alpha value is -0.580. The highest BCUT2D eigenvalue weighted by Gasteiger charge is 2.20. The molecule has 0 aliphatic carbocycles. The van der Waals surface area contributed by atoms with E-state index in [1.165, 1.54) is 5.56 Å². The van der Waals surface area contributed by atoms with E-state index in [0.717, 1.165) is 42.8 Å². The van der Waals surface area contributed by atoms with Gasteiger partial charge in [0.1, 0.15) is 5.75 Å². The number of rotatable bonds is 5. The lowest BCUT2D eigenvalue weighted by molar-refractivity contribution is 0.156. The van der Waals surface area contributed by atoms with Gasteiger partial charge in [-0.1, -0.05) is 28.9 Å². The van der Waals surface area contributed by atoms with E-state index < -0.39 is 0 Å². The molecule has 0 fully saturated rings. The predicted molar refractivity (Wildman–Crippen MR) is 80.7 cm³/mol. The average molecular weight is 328 g/mol. The molecule has 1 N–H and O–H groups in total.